The summed E-state index contributed by atoms with van der Waals surface area (Å²) in [7, 11) is 1.35. The van der Waals surface area contributed by atoms with Gasteiger partial charge in [-0.1, -0.05) is 31.6 Å². The van der Waals surface area contributed by atoms with Crippen LogP contribution in [0.4, 0.5) is 8.78 Å². The molecule has 0 aromatic heterocycles. The number of methoxy groups -OCH3 is 1. The van der Waals surface area contributed by atoms with E-state index in [9.17, 15) is 23.2 Å². The molecule has 152 valence electrons. The van der Waals surface area contributed by atoms with Crippen molar-refractivity contribution in [3.05, 3.63) is 24.3 Å². The molecule has 0 amide bonds. The van der Waals surface area contributed by atoms with Gasteiger partial charge in [0.2, 0.25) is 5.78 Å². The van der Waals surface area contributed by atoms with Crippen LogP contribution in [-0.2, 0) is 19.1 Å². The van der Waals surface area contributed by atoms with Crippen molar-refractivity contribution >= 4 is 17.5 Å². The van der Waals surface area contributed by atoms with Crippen LogP contribution >= 0.6 is 0 Å². The molecule has 27 heavy (non-hydrogen) atoms. The number of allylic oxidation sites excluding steroid dienone is 4. The fourth-order valence-electron chi connectivity index (χ4n) is 3.12. The monoisotopic (exact) mass is 384 g/mol. The maximum absolute atomic E-state index is 13.8. The molecule has 2 atom stereocenters. The summed E-state index contributed by atoms with van der Waals surface area (Å²) in [5, 5.41) is 0. The maximum atomic E-state index is 13.8. The fourth-order valence-corrected chi connectivity index (χ4v) is 3.12. The van der Waals surface area contributed by atoms with Crippen LogP contribution in [-0.4, -0.2) is 30.6 Å². The minimum atomic E-state index is -3.27. The number of alkyl halides is 2. The Morgan fingerprint density at radius 3 is 2.63 bits per heavy atom. The zero-order valence-electron chi connectivity index (χ0n) is 16.2. The van der Waals surface area contributed by atoms with E-state index in [0.29, 0.717) is 38.5 Å². The average Bonchev–Trinajstić information content (AvgIpc) is 3.00. The minimum Gasteiger partial charge on any atom is -0.469 e. The number of halogens is 2. The highest BCUT2D eigenvalue weighted by atomic mass is 19.3. The fraction of sp³-hybridized carbons (Fsp3) is 0.667. The number of esters is 1. The Labute approximate surface area is 160 Å². The van der Waals surface area contributed by atoms with Gasteiger partial charge in [0.05, 0.1) is 7.11 Å². The minimum absolute atomic E-state index is 0.0237. The summed E-state index contributed by atoms with van der Waals surface area (Å²) in [4.78, 5) is 34.8. The van der Waals surface area contributed by atoms with Gasteiger partial charge in [0.25, 0.3) is 0 Å². The molecule has 0 saturated heterocycles. The predicted molar refractivity (Wildman–Crippen MR) is 99.5 cm³/mol. The molecule has 0 N–H and O–H groups in total. The highest BCUT2D eigenvalue weighted by Gasteiger charge is 2.38. The van der Waals surface area contributed by atoms with Crippen molar-refractivity contribution in [3.63, 3.8) is 0 Å². The van der Waals surface area contributed by atoms with Gasteiger partial charge in [0.15, 0.2) is 5.78 Å². The first-order chi connectivity index (χ1) is 12.8. The van der Waals surface area contributed by atoms with Gasteiger partial charge >= 0.3 is 11.9 Å². The molecule has 0 aliphatic heterocycles. The maximum Gasteiger partial charge on any atom is 0.305 e. The van der Waals surface area contributed by atoms with Gasteiger partial charge < -0.3 is 4.74 Å². The first-order valence-electron chi connectivity index (χ1n) is 9.66. The van der Waals surface area contributed by atoms with Crippen LogP contribution in [0.25, 0.3) is 0 Å². The molecule has 6 heteroatoms. The summed E-state index contributed by atoms with van der Waals surface area (Å²) < 4.78 is 32.1. The molecule has 1 aliphatic carbocycles. The van der Waals surface area contributed by atoms with Gasteiger partial charge in [-0.15, -0.1) is 0 Å². The van der Waals surface area contributed by atoms with Crippen LogP contribution < -0.4 is 0 Å². The molecule has 4 nitrogen and oxygen atoms in total. The van der Waals surface area contributed by atoms with Crippen LogP contribution in [0.5, 0.6) is 0 Å². The molecule has 0 saturated carbocycles. The molecule has 0 aromatic rings. The molecular formula is C21H30F2O4. The summed E-state index contributed by atoms with van der Waals surface area (Å²) in [6.45, 7) is 1.81. The second kappa shape index (κ2) is 11.8. The number of Topliss-reactive ketones (excluding diaryl/α,β-unsaturated/α-hetero) is 1. The Kier molecular flexibility index (Phi) is 10.1. The first-order valence-corrected chi connectivity index (χ1v) is 9.66. The van der Waals surface area contributed by atoms with E-state index < -0.39 is 18.1 Å². The number of unbranched alkanes of at least 4 members (excludes halogenated alkanes) is 2. The average molecular weight is 384 g/mol. The van der Waals surface area contributed by atoms with Gasteiger partial charge in [-0.3, -0.25) is 14.4 Å². The summed E-state index contributed by atoms with van der Waals surface area (Å²) in [5.74, 6) is -5.04. The van der Waals surface area contributed by atoms with Crippen molar-refractivity contribution in [1.82, 2.24) is 0 Å². The van der Waals surface area contributed by atoms with Gasteiger partial charge in [-0.2, -0.15) is 8.78 Å². The molecule has 1 rings (SSSR count). The molecule has 0 radical (unpaired) electrons. The highest BCUT2D eigenvalue weighted by Crippen LogP contribution is 2.32. The van der Waals surface area contributed by atoms with Crippen molar-refractivity contribution in [2.45, 2.75) is 70.6 Å². The van der Waals surface area contributed by atoms with Crippen molar-refractivity contribution in [2.75, 3.05) is 7.11 Å². The van der Waals surface area contributed by atoms with E-state index in [1.807, 2.05) is 19.1 Å². The van der Waals surface area contributed by atoms with E-state index in [1.54, 1.807) is 6.08 Å². The molecule has 0 heterocycles. The highest BCUT2D eigenvalue weighted by molar-refractivity contribution is 5.94. The Hall–Kier alpha value is -1.85. The van der Waals surface area contributed by atoms with Crippen molar-refractivity contribution < 1.29 is 27.9 Å². The first kappa shape index (κ1) is 23.2. The van der Waals surface area contributed by atoms with Crippen molar-refractivity contribution in [1.29, 1.82) is 0 Å². The standard InChI is InChI=1S/C21H30F2O4/c1-3-4-15-21(22,23)19(25)14-12-16-11-13-18(24)17(16)9-7-5-6-8-10-20(26)27-2/h5,7,11,13,16-17H,3-4,6,8-10,12,14-15H2,1-2H3/b7-5-. The molecular weight excluding hydrogens is 354 g/mol. The van der Waals surface area contributed by atoms with E-state index in [2.05, 4.69) is 4.74 Å². The third kappa shape index (κ3) is 8.14. The third-order valence-electron chi connectivity index (χ3n) is 4.88. The second-order valence-corrected chi connectivity index (χ2v) is 6.98. The van der Waals surface area contributed by atoms with Gasteiger partial charge in [0, 0.05) is 25.2 Å². The number of rotatable bonds is 13. The normalized spacial score (nSPS) is 19.8. The lowest BCUT2D eigenvalue weighted by Crippen LogP contribution is -2.29. The smallest absolute Gasteiger partial charge is 0.305 e. The number of hydrogen-bond donors (Lipinski definition) is 0. The van der Waals surface area contributed by atoms with Crippen LogP contribution in [0, 0.1) is 11.8 Å². The number of hydrogen-bond acceptors (Lipinski definition) is 4. The van der Waals surface area contributed by atoms with Crippen molar-refractivity contribution in [3.8, 4) is 0 Å². The lowest BCUT2D eigenvalue weighted by atomic mass is 9.86. The SMILES string of the molecule is CCCCC(F)(F)C(=O)CCC1C=CC(=O)C1C/C=C\CCCC(=O)OC. The summed E-state index contributed by atoms with van der Waals surface area (Å²) in [6, 6.07) is 0. The van der Waals surface area contributed by atoms with Crippen molar-refractivity contribution in [2.24, 2.45) is 11.8 Å². The number of ketones is 2. The third-order valence-corrected chi connectivity index (χ3v) is 4.88. The quantitative estimate of drug-likeness (QED) is 0.259. The molecule has 0 bridgehead atoms. The zero-order chi connectivity index (χ0) is 20.3. The zero-order valence-corrected chi connectivity index (χ0v) is 16.2. The van der Waals surface area contributed by atoms with Crippen LogP contribution in [0.2, 0.25) is 0 Å². The summed E-state index contributed by atoms with van der Waals surface area (Å²) in [5.41, 5.74) is 0. The summed E-state index contributed by atoms with van der Waals surface area (Å²) >= 11 is 0. The van der Waals surface area contributed by atoms with Gasteiger partial charge in [0.1, 0.15) is 0 Å². The molecule has 0 aromatic carbocycles. The molecule has 1 aliphatic rings. The van der Waals surface area contributed by atoms with E-state index in [4.69, 9.17) is 0 Å². The van der Waals surface area contributed by atoms with E-state index in [0.717, 1.165) is 0 Å². The van der Waals surface area contributed by atoms with Crippen LogP contribution in [0.1, 0.15) is 64.7 Å². The van der Waals surface area contributed by atoms with Crippen LogP contribution in [0.15, 0.2) is 24.3 Å². The number of carbonyl (C=O) groups excluding carboxylic acids is 3. The van der Waals surface area contributed by atoms with Gasteiger partial charge in [-0.25, -0.2) is 0 Å². The Bertz CT molecular complexity index is 567. The Morgan fingerprint density at radius 1 is 1.22 bits per heavy atom. The van der Waals surface area contributed by atoms with E-state index in [1.165, 1.54) is 13.2 Å². The molecule has 0 fully saturated rings. The lowest BCUT2D eigenvalue weighted by Gasteiger charge is -2.19. The van der Waals surface area contributed by atoms with Crippen LogP contribution in [0.3, 0.4) is 0 Å². The number of carbonyl (C=O) groups is 3. The molecule has 0 spiro atoms. The topological polar surface area (TPSA) is 60.4 Å². The second-order valence-electron chi connectivity index (χ2n) is 6.98. The predicted octanol–water partition coefficient (Wildman–Crippen LogP) is 4.82. The lowest BCUT2D eigenvalue weighted by molar-refractivity contribution is -0.144. The van der Waals surface area contributed by atoms with Gasteiger partial charge in [-0.05, 0) is 44.1 Å². The van der Waals surface area contributed by atoms with E-state index >= 15 is 0 Å². The summed E-state index contributed by atoms with van der Waals surface area (Å²) in [6.07, 6.45) is 9.85. The Balaban J connectivity index is 2.42. The Morgan fingerprint density at radius 2 is 1.96 bits per heavy atom. The van der Waals surface area contributed by atoms with E-state index in [-0.39, 0.29) is 36.4 Å². The number of ether oxygens (including phenoxy) is 1. The molecule has 2 unspecified atom stereocenters. The largest absolute Gasteiger partial charge is 0.469 e.